The molecule has 2 aromatic carbocycles. The first-order valence-electron chi connectivity index (χ1n) is 12.4. The summed E-state index contributed by atoms with van der Waals surface area (Å²) in [5.41, 5.74) is 6.10. The van der Waals surface area contributed by atoms with Crippen LogP contribution in [-0.2, 0) is 9.53 Å². The normalized spacial score (nSPS) is 14.2. The molecule has 16 heteroatoms. The summed E-state index contributed by atoms with van der Waals surface area (Å²) in [6.45, 7) is -1.57. The van der Waals surface area contributed by atoms with Crippen molar-refractivity contribution in [2.24, 2.45) is 17.5 Å². The second-order valence-corrected chi connectivity index (χ2v) is 9.19. The van der Waals surface area contributed by atoms with Crippen molar-refractivity contribution in [3.05, 3.63) is 65.1 Å². The Kier molecular flexibility index (Phi) is 9.15. The first kappa shape index (κ1) is 30.1. The summed E-state index contributed by atoms with van der Waals surface area (Å²) in [7, 11) is 0. The van der Waals surface area contributed by atoms with Crippen LogP contribution < -0.4 is 31.8 Å². The van der Waals surface area contributed by atoms with E-state index in [1.807, 2.05) is 0 Å². The van der Waals surface area contributed by atoms with E-state index < -0.39 is 59.6 Å². The third kappa shape index (κ3) is 7.25. The summed E-state index contributed by atoms with van der Waals surface area (Å²) in [4.78, 5) is 41.4. The van der Waals surface area contributed by atoms with Gasteiger partial charge >= 0.3 is 12.7 Å². The van der Waals surface area contributed by atoms with Gasteiger partial charge in [-0.3, -0.25) is 15.0 Å². The fraction of sp³-hybridized carbons (Fsp3) is 0.308. The zero-order valence-electron chi connectivity index (χ0n) is 21.9. The Balaban J connectivity index is 1.72. The number of nitrogens with two attached hydrogens (primary N) is 2. The van der Waals surface area contributed by atoms with E-state index in [-0.39, 0.29) is 41.2 Å². The smallest absolute Gasteiger partial charge is 0.405 e. The number of carbonyl (C=O) groups excluding carboxylic acids is 3. The molecule has 0 radical (unpaired) electrons. The maximum Gasteiger partial charge on any atom is 0.405 e. The van der Waals surface area contributed by atoms with Crippen molar-refractivity contribution in [3.8, 4) is 23.0 Å². The number of nitrogens with zero attached hydrogens (tertiary/aromatic N) is 1. The zero-order chi connectivity index (χ0) is 30.6. The van der Waals surface area contributed by atoms with Crippen molar-refractivity contribution in [1.82, 2.24) is 15.7 Å². The Morgan fingerprint density at radius 1 is 1.12 bits per heavy atom. The molecule has 224 valence electrons. The van der Waals surface area contributed by atoms with Crippen LogP contribution in [0.2, 0.25) is 0 Å². The molecule has 4 rings (SSSR count). The summed E-state index contributed by atoms with van der Waals surface area (Å²) >= 11 is 0. The van der Waals surface area contributed by atoms with E-state index in [1.165, 1.54) is 25.1 Å². The van der Waals surface area contributed by atoms with E-state index in [2.05, 4.69) is 15.0 Å². The standard InChI is InChI=1S/C26H25F4N5O7/c1-11(40-26(31)38)21-20(22(36)33-19(23(37)35-32)15-6-5-14(27)9-16(15)28)34-24(42-21)13-4-7-17(41-25(29)30)18(8-13)39-10-12-2-3-12/h4-9,11-12,19,25H,2-3,10,32H2,1H3,(H2,31,38)(H,33,36)(H,35,37). The van der Waals surface area contributed by atoms with E-state index in [0.29, 0.717) is 6.07 Å². The van der Waals surface area contributed by atoms with Gasteiger partial charge in [-0.05, 0) is 49.9 Å². The van der Waals surface area contributed by atoms with E-state index in [4.69, 9.17) is 25.5 Å². The lowest BCUT2D eigenvalue weighted by atomic mass is 10.0. The number of aromatic nitrogens is 1. The number of carbonyl (C=O) groups is 3. The number of benzene rings is 2. The van der Waals surface area contributed by atoms with Crippen LogP contribution in [0.25, 0.3) is 11.5 Å². The van der Waals surface area contributed by atoms with Gasteiger partial charge in [0.1, 0.15) is 17.7 Å². The van der Waals surface area contributed by atoms with Gasteiger partial charge in [-0.1, -0.05) is 6.07 Å². The predicted octanol–water partition coefficient (Wildman–Crippen LogP) is 3.63. The van der Waals surface area contributed by atoms with Gasteiger partial charge in [-0.2, -0.15) is 8.78 Å². The molecule has 1 aliphatic carbocycles. The monoisotopic (exact) mass is 595 g/mol. The average Bonchev–Trinajstić information content (AvgIpc) is 3.65. The zero-order valence-corrected chi connectivity index (χ0v) is 21.9. The molecule has 3 aromatic rings. The molecule has 1 aromatic heterocycles. The van der Waals surface area contributed by atoms with E-state index >= 15 is 0 Å². The average molecular weight is 596 g/mol. The Morgan fingerprint density at radius 2 is 1.86 bits per heavy atom. The number of hydrazine groups is 1. The minimum atomic E-state index is -3.13. The van der Waals surface area contributed by atoms with Crippen LogP contribution in [0.5, 0.6) is 11.5 Å². The summed E-state index contributed by atoms with van der Waals surface area (Å²) in [6, 6.07) is 4.35. The molecule has 0 spiro atoms. The van der Waals surface area contributed by atoms with Gasteiger partial charge in [0.2, 0.25) is 5.89 Å². The van der Waals surface area contributed by atoms with Gasteiger partial charge in [0.25, 0.3) is 11.8 Å². The number of amides is 3. The number of hydrogen-bond acceptors (Lipinski definition) is 9. The van der Waals surface area contributed by atoms with Crippen LogP contribution in [0.15, 0.2) is 40.8 Å². The van der Waals surface area contributed by atoms with Crippen LogP contribution >= 0.6 is 0 Å². The minimum Gasteiger partial charge on any atom is -0.489 e. The van der Waals surface area contributed by atoms with Crippen molar-refractivity contribution in [2.45, 2.75) is 38.5 Å². The fourth-order valence-corrected chi connectivity index (χ4v) is 3.86. The molecule has 1 heterocycles. The Bertz CT molecular complexity index is 1480. The predicted molar refractivity (Wildman–Crippen MR) is 135 cm³/mol. The number of alkyl halides is 2. The van der Waals surface area contributed by atoms with E-state index in [9.17, 15) is 31.9 Å². The van der Waals surface area contributed by atoms with Crippen molar-refractivity contribution >= 4 is 17.9 Å². The maximum absolute atomic E-state index is 14.5. The first-order chi connectivity index (χ1) is 20.0. The lowest BCUT2D eigenvalue weighted by Gasteiger charge is -2.18. The molecule has 0 bridgehead atoms. The van der Waals surface area contributed by atoms with Crippen molar-refractivity contribution < 1.29 is 50.6 Å². The Hall–Kier alpha value is -4.86. The number of primary amides is 1. The number of rotatable bonds is 12. The second kappa shape index (κ2) is 12.8. The highest BCUT2D eigenvalue weighted by atomic mass is 19.3. The van der Waals surface area contributed by atoms with Crippen molar-refractivity contribution in [3.63, 3.8) is 0 Å². The Labute approximate surface area is 235 Å². The molecule has 0 saturated heterocycles. The molecular formula is C26H25F4N5O7. The number of hydrogen-bond donors (Lipinski definition) is 4. The van der Waals surface area contributed by atoms with Crippen LogP contribution in [0.4, 0.5) is 22.4 Å². The molecule has 42 heavy (non-hydrogen) atoms. The summed E-state index contributed by atoms with van der Waals surface area (Å²) in [6.07, 6.45) is -0.657. The highest BCUT2D eigenvalue weighted by molar-refractivity contribution is 5.97. The molecule has 1 aliphatic rings. The molecule has 0 aliphatic heterocycles. The van der Waals surface area contributed by atoms with Crippen LogP contribution in [0.3, 0.4) is 0 Å². The van der Waals surface area contributed by atoms with Crippen LogP contribution in [-0.4, -0.2) is 36.1 Å². The van der Waals surface area contributed by atoms with E-state index in [0.717, 1.165) is 25.0 Å². The number of oxazole rings is 1. The number of halogens is 4. The molecule has 12 nitrogen and oxygen atoms in total. The topological polar surface area (TPSA) is 181 Å². The summed E-state index contributed by atoms with van der Waals surface area (Å²) < 4.78 is 74.7. The second-order valence-electron chi connectivity index (χ2n) is 9.19. The van der Waals surface area contributed by atoms with Gasteiger partial charge in [-0.25, -0.2) is 24.4 Å². The third-order valence-corrected chi connectivity index (χ3v) is 6.06. The van der Waals surface area contributed by atoms with Gasteiger partial charge in [0.05, 0.1) is 6.61 Å². The number of nitrogens with one attached hydrogen (secondary N) is 2. The molecule has 1 fully saturated rings. The molecule has 2 atom stereocenters. The van der Waals surface area contributed by atoms with E-state index in [1.54, 1.807) is 5.43 Å². The maximum atomic E-state index is 14.5. The molecule has 6 N–H and O–H groups in total. The SMILES string of the molecule is CC(OC(N)=O)c1oc(-c2ccc(OC(F)F)c(OCC3CC3)c2)nc1C(=O)NC(C(=O)NN)c1ccc(F)cc1F. The molecule has 3 amide bonds. The third-order valence-electron chi connectivity index (χ3n) is 6.06. The molecular weight excluding hydrogens is 570 g/mol. The fourth-order valence-electron chi connectivity index (χ4n) is 3.86. The highest BCUT2D eigenvalue weighted by Crippen LogP contribution is 2.37. The minimum absolute atomic E-state index is 0.0432. The lowest BCUT2D eigenvalue weighted by molar-refractivity contribution is -0.123. The Morgan fingerprint density at radius 3 is 2.48 bits per heavy atom. The number of ether oxygens (including phenoxy) is 3. The molecule has 2 unspecified atom stereocenters. The quantitative estimate of drug-likeness (QED) is 0.105. The van der Waals surface area contributed by atoms with Gasteiger partial charge in [-0.15, -0.1) is 0 Å². The lowest BCUT2D eigenvalue weighted by Crippen LogP contribution is -2.43. The van der Waals surface area contributed by atoms with Gasteiger partial charge in [0.15, 0.2) is 29.1 Å². The van der Waals surface area contributed by atoms with Crippen LogP contribution in [0.1, 0.15) is 53.7 Å². The summed E-state index contributed by atoms with van der Waals surface area (Å²) in [5, 5.41) is 2.24. The highest BCUT2D eigenvalue weighted by Gasteiger charge is 2.32. The van der Waals surface area contributed by atoms with Crippen molar-refractivity contribution in [2.75, 3.05) is 6.61 Å². The van der Waals surface area contributed by atoms with Gasteiger partial charge < -0.3 is 29.7 Å². The van der Waals surface area contributed by atoms with Crippen LogP contribution in [0, 0.1) is 17.6 Å². The van der Waals surface area contributed by atoms with Gasteiger partial charge in [0, 0.05) is 17.2 Å². The molecule has 1 saturated carbocycles. The first-order valence-corrected chi connectivity index (χ1v) is 12.4. The van der Waals surface area contributed by atoms with Crippen molar-refractivity contribution in [1.29, 1.82) is 0 Å². The summed E-state index contributed by atoms with van der Waals surface area (Å²) in [5.74, 6) is 0.343. The largest absolute Gasteiger partial charge is 0.489 e.